The molecular formula is C16H14BrClN2O2S3. The van der Waals surface area contributed by atoms with Crippen molar-refractivity contribution in [2.75, 3.05) is 18.7 Å². The molecule has 0 amide bonds. The number of halogens is 2. The van der Waals surface area contributed by atoms with Crippen LogP contribution in [-0.4, -0.2) is 24.3 Å². The summed E-state index contributed by atoms with van der Waals surface area (Å²) in [5.74, 6) is -0.328. The highest BCUT2D eigenvalue weighted by Crippen LogP contribution is 2.39. The van der Waals surface area contributed by atoms with Crippen molar-refractivity contribution < 1.29 is 9.53 Å². The van der Waals surface area contributed by atoms with E-state index in [4.69, 9.17) is 16.3 Å². The Balaban J connectivity index is 0.00000225. The van der Waals surface area contributed by atoms with Gasteiger partial charge < -0.3 is 10.1 Å². The Kier molecular flexibility index (Phi) is 7.33. The monoisotopic (exact) mass is 476 g/mol. The summed E-state index contributed by atoms with van der Waals surface area (Å²) in [5, 5.41) is 6.57. The number of para-hydroxylation sites is 1. The van der Waals surface area contributed by atoms with Crippen LogP contribution in [0.3, 0.4) is 0 Å². The van der Waals surface area contributed by atoms with Crippen molar-refractivity contribution >= 4 is 79.8 Å². The first-order valence-electron chi connectivity index (χ1n) is 6.86. The Morgan fingerprint density at radius 3 is 2.80 bits per heavy atom. The maximum atomic E-state index is 11.7. The van der Waals surface area contributed by atoms with Crippen LogP contribution in [0, 0.1) is 0 Å². The lowest BCUT2D eigenvalue weighted by atomic mass is 10.2. The third-order valence-electron chi connectivity index (χ3n) is 3.17. The van der Waals surface area contributed by atoms with Crippen LogP contribution in [0.15, 0.2) is 39.9 Å². The van der Waals surface area contributed by atoms with Crippen molar-refractivity contribution in [3.05, 3.63) is 45.6 Å². The van der Waals surface area contributed by atoms with Gasteiger partial charge >= 0.3 is 5.97 Å². The number of nitrogens with zero attached hydrogens (tertiary/aromatic N) is 1. The summed E-state index contributed by atoms with van der Waals surface area (Å²) in [7, 11) is 1.38. The molecule has 0 bridgehead atoms. The van der Waals surface area contributed by atoms with E-state index in [-0.39, 0.29) is 23.0 Å². The number of ether oxygens (including phenoxy) is 1. The molecule has 3 rings (SSSR count). The molecule has 132 valence electrons. The van der Waals surface area contributed by atoms with Gasteiger partial charge in [-0.2, -0.15) is 0 Å². The first-order chi connectivity index (χ1) is 11.6. The Morgan fingerprint density at radius 1 is 1.36 bits per heavy atom. The van der Waals surface area contributed by atoms with Crippen molar-refractivity contribution in [1.29, 1.82) is 0 Å². The fourth-order valence-electron chi connectivity index (χ4n) is 2.04. The third kappa shape index (κ3) is 4.57. The summed E-state index contributed by atoms with van der Waals surface area (Å²) >= 11 is 10.7. The number of hydrogen-bond acceptors (Lipinski definition) is 7. The first-order valence-corrected chi connectivity index (χ1v) is 10.2. The molecule has 0 unspecified atom stereocenters. The van der Waals surface area contributed by atoms with E-state index in [1.165, 1.54) is 29.8 Å². The van der Waals surface area contributed by atoms with Crippen molar-refractivity contribution in [2.24, 2.45) is 0 Å². The number of thiazole rings is 1. The Hall–Kier alpha value is -1.06. The molecule has 0 saturated heterocycles. The highest BCUT2D eigenvalue weighted by molar-refractivity contribution is 8.93. The molecule has 0 aliphatic carbocycles. The summed E-state index contributed by atoms with van der Waals surface area (Å²) in [6.45, 7) is 0. The number of benzene rings is 1. The Bertz CT molecular complexity index is 882. The summed E-state index contributed by atoms with van der Waals surface area (Å²) in [4.78, 5) is 16.9. The molecule has 0 aliphatic heterocycles. The maximum Gasteiger partial charge on any atom is 0.348 e. The number of rotatable bonds is 5. The lowest BCUT2D eigenvalue weighted by Crippen LogP contribution is -1.96. The van der Waals surface area contributed by atoms with Crippen LogP contribution >= 0.6 is 63.0 Å². The summed E-state index contributed by atoms with van der Waals surface area (Å²) < 4.78 is 5.83. The second-order valence-electron chi connectivity index (χ2n) is 4.65. The number of aromatic nitrogens is 1. The summed E-state index contributed by atoms with van der Waals surface area (Å²) in [6, 6.07) is 9.35. The average Bonchev–Trinajstić information content (AvgIpc) is 3.22. The van der Waals surface area contributed by atoms with E-state index < -0.39 is 0 Å². The minimum Gasteiger partial charge on any atom is -0.465 e. The first kappa shape index (κ1) is 20.3. The molecule has 4 nitrogen and oxygen atoms in total. The number of esters is 1. The van der Waals surface area contributed by atoms with Gasteiger partial charge in [-0.3, -0.25) is 0 Å². The SMILES string of the molecule is Br.COC(=O)c1cc(-c2csc(Nc3ccccc3Cl)n2)c(SC)s1. The molecule has 0 aliphatic rings. The van der Waals surface area contributed by atoms with Gasteiger partial charge in [-0.25, -0.2) is 9.78 Å². The zero-order chi connectivity index (χ0) is 17.1. The molecule has 2 aromatic heterocycles. The second kappa shape index (κ2) is 9.05. The molecular weight excluding hydrogens is 464 g/mol. The van der Waals surface area contributed by atoms with Gasteiger partial charge in [0, 0.05) is 10.9 Å². The van der Waals surface area contributed by atoms with Gasteiger partial charge in [0.05, 0.1) is 27.7 Å². The van der Waals surface area contributed by atoms with Gasteiger partial charge in [0.25, 0.3) is 0 Å². The van der Waals surface area contributed by atoms with E-state index in [2.05, 4.69) is 10.3 Å². The number of hydrogen-bond donors (Lipinski definition) is 1. The van der Waals surface area contributed by atoms with Crippen molar-refractivity contribution in [2.45, 2.75) is 4.21 Å². The normalized spacial score (nSPS) is 10.2. The Labute approximate surface area is 173 Å². The molecule has 1 N–H and O–H groups in total. The second-order valence-corrected chi connectivity index (χ2v) is 8.04. The fraction of sp³-hybridized carbons (Fsp3) is 0.125. The van der Waals surface area contributed by atoms with E-state index in [1.54, 1.807) is 11.8 Å². The highest BCUT2D eigenvalue weighted by Gasteiger charge is 2.18. The smallest absolute Gasteiger partial charge is 0.348 e. The predicted octanol–water partition coefficient (Wildman–Crippen LogP) is 6.36. The third-order valence-corrected chi connectivity index (χ3v) is 6.50. The Morgan fingerprint density at radius 2 is 2.12 bits per heavy atom. The molecule has 2 heterocycles. The van der Waals surface area contributed by atoms with Gasteiger partial charge in [-0.1, -0.05) is 23.7 Å². The van der Waals surface area contributed by atoms with Crippen LogP contribution in [-0.2, 0) is 4.74 Å². The number of nitrogens with one attached hydrogen (secondary N) is 1. The zero-order valence-corrected chi connectivity index (χ0v) is 18.2. The topological polar surface area (TPSA) is 51.2 Å². The van der Waals surface area contributed by atoms with E-state index in [0.717, 1.165) is 26.3 Å². The summed E-state index contributed by atoms with van der Waals surface area (Å²) in [5.41, 5.74) is 2.58. The minimum atomic E-state index is -0.328. The van der Waals surface area contributed by atoms with Gasteiger partial charge in [0.15, 0.2) is 5.13 Å². The fourth-order valence-corrected chi connectivity index (χ4v) is 4.75. The standard InChI is InChI=1S/C16H13ClN2O2S3.BrH/c1-21-14(20)13-7-9(15(22-2)24-13)12-8-23-16(19-12)18-11-6-4-3-5-10(11)17;/h3-8H,1-2H3,(H,18,19);1H. The van der Waals surface area contributed by atoms with Crippen LogP contribution in [0.2, 0.25) is 5.02 Å². The quantitative estimate of drug-likeness (QED) is 0.342. The molecule has 0 saturated carbocycles. The number of anilines is 2. The average molecular weight is 478 g/mol. The van der Waals surface area contributed by atoms with Crippen LogP contribution in [0.1, 0.15) is 9.67 Å². The minimum absolute atomic E-state index is 0. The van der Waals surface area contributed by atoms with E-state index >= 15 is 0 Å². The van der Waals surface area contributed by atoms with Gasteiger partial charge in [-0.15, -0.1) is 51.4 Å². The zero-order valence-electron chi connectivity index (χ0n) is 13.2. The molecule has 0 fully saturated rings. The molecule has 0 atom stereocenters. The number of carbonyl (C=O) groups excluding carboxylic acids is 1. The predicted molar refractivity (Wildman–Crippen MR) is 114 cm³/mol. The maximum absolute atomic E-state index is 11.7. The van der Waals surface area contributed by atoms with Crippen molar-refractivity contribution in [3.8, 4) is 11.3 Å². The number of carbonyl (C=O) groups is 1. The lowest BCUT2D eigenvalue weighted by Gasteiger charge is -2.04. The molecule has 9 heteroatoms. The number of methoxy groups -OCH3 is 1. The van der Waals surface area contributed by atoms with E-state index in [0.29, 0.717) is 9.90 Å². The van der Waals surface area contributed by atoms with Crippen LogP contribution in [0.5, 0.6) is 0 Å². The van der Waals surface area contributed by atoms with Crippen molar-refractivity contribution in [3.63, 3.8) is 0 Å². The van der Waals surface area contributed by atoms with Crippen LogP contribution in [0.4, 0.5) is 10.8 Å². The van der Waals surface area contributed by atoms with E-state index in [1.807, 2.05) is 42.0 Å². The number of thiophene rings is 1. The molecule has 0 radical (unpaired) electrons. The molecule has 0 spiro atoms. The van der Waals surface area contributed by atoms with Crippen LogP contribution < -0.4 is 5.32 Å². The van der Waals surface area contributed by atoms with Gasteiger partial charge in [0.2, 0.25) is 0 Å². The van der Waals surface area contributed by atoms with Gasteiger partial charge in [0.1, 0.15) is 4.88 Å². The number of thioether (sulfide) groups is 1. The molecule has 1 aromatic carbocycles. The molecule has 3 aromatic rings. The largest absolute Gasteiger partial charge is 0.465 e. The molecule has 25 heavy (non-hydrogen) atoms. The van der Waals surface area contributed by atoms with Crippen LogP contribution in [0.25, 0.3) is 11.3 Å². The van der Waals surface area contributed by atoms with Gasteiger partial charge in [-0.05, 0) is 24.5 Å². The summed E-state index contributed by atoms with van der Waals surface area (Å²) in [6.07, 6.45) is 1.98. The van der Waals surface area contributed by atoms with Crippen molar-refractivity contribution in [1.82, 2.24) is 4.98 Å². The van der Waals surface area contributed by atoms with E-state index in [9.17, 15) is 4.79 Å². The lowest BCUT2D eigenvalue weighted by molar-refractivity contribution is 0.0606. The highest BCUT2D eigenvalue weighted by atomic mass is 79.9.